The van der Waals surface area contributed by atoms with Crippen LogP contribution >= 0.6 is 11.8 Å². The van der Waals surface area contributed by atoms with Gasteiger partial charge >= 0.3 is 0 Å². The van der Waals surface area contributed by atoms with Crippen LogP contribution in [0.2, 0.25) is 0 Å². The van der Waals surface area contributed by atoms with Gasteiger partial charge in [0, 0.05) is 25.2 Å². The van der Waals surface area contributed by atoms with Gasteiger partial charge in [-0.3, -0.25) is 33.8 Å². The number of nitrogens with zero attached hydrogens (tertiary/aromatic N) is 2. The number of carbonyl (C=O) groups excluding carboxylic acids is 5. The molecule has 2 aromatic rings. The third-order valence-corrected chi connectivity index (χ3v) is 6.47. The number of hydrogen-bond acceptors (Lipinski definition) is 6. The van der Waals surface area contributed by atoms with Crippen LogP contribution in [0.4, 0.5) is 4.79 Å². The second-order valence-electron chi connectivity index (χ2n) is 7.88. The Morgan fingerprint density at radius 2 is 1.65 bits per heavy atom. The van der Waals surface area contributed by atoms with Crippen LogP contribution in [-0.2, 0) is 4.79 Å². The summed E-state index contributed by atoms with van der Waals surface area (Å²) in [6, 6.07) is 13.6. The van der Waals surface area contributed by atoms with Crippen LogP contribution < -0.4 is 5.32 Å². The maximum Gasteiger partial charge on any atom is 0.293 e. The first-order valence-electron chi connectivity index (χ1n) is 11.0. The molecule has 0 radical (unpaired) electrons. The Bertz CT molecular complexity index is 1210. The first-order valence-corrected chi connectivity index (χ1v) is 11.8. The molecule has 2 aromatic carbocycles. The largest absolute Gasteiger partial charge is 0.350 e. The Hall–Kier alpha value is -3.72. The Labute approximate surface area is 201 Å². The lowest BCUT2D eigenvalue weighted by atomic mass is 10.1. The normalized spacial score (nSPS) is 16.6. The van der Waals surface area contributed by atoms with Crippen molar-refractivity contribution >= 4 is 46.7 Å². The van der Waals surface area contributed by atoms with Crippen molar-refractivity contribution in [1.82, 2.24) is 15.1 Å². The number of nitrogens with one attached hydrogen (secondary N) is 1. The molecule has 0 spiro atoms. The average Bonchev–Trinajstić information content (AvgIpc) is 3.24. The molecule has 1 fully saturated rings. The number of amides is 5. The molecule has 8 nitrogen and oxygen atoms in total. The molecule has 0 unspecified atom stereocenters. The maximum absolute atomic E-state index is 12.6. The molecule has 4 rings (SSSR count). The molecule has 1 saturated heterocycles. The quantitative estimate of drug-likeness (QED) is 0.461. The topological polar surface area (TPSA) is 104 Å². The molecule has 34 heavy (non-hydrogen) atoms. The molecule has 0 bridgehead atoms. The van der Waals surface area contributed by atoms with Crippen molar-refractivity contribution in [2.45, 2.75) is 19.8 Å². The predicted octanol–water partition coefficient (Wildman–Crippen LogP) is 3.55. The molecule has 0 aromatic heterocycles. The highest BCUT2D eigenvalue weighted by atomic mass is 32.2. The summed E-state index contributed by atoms with van der Waals surface area (Å²) in [4.78, 5) is 65.1. The zero-order chi connectivity index (χ0) is 24.2. The van der Waals surface area contributed by atoms with E-state index >= 15 is 0 Å². The standard InChI is InChI=1S/C25H23N3O5S/c1-2-3-12-27-22(30)18-10-9-17(15-19(18)23(27)31)21(29)26-11-13-28-24(32)20(34-25(28)33)14-16-7-5-4-6-8-16/h4-10,14-15H,2-3,11-13H2,1H3,(H,26,29). The Kier molecular flexibility index (Phi) is 6.93. The number of rotatable bonds is 8. The van der Waals surface area contributed by atoms with Crippen LogP contribution in [0, 0.1) is 0 Å². The highest BCUT2D eigenvalue weighted by Crippen LogP contribution is 2.32. The number of hydrogen-bond donors (Lipinski definition) is 1. The predicted molar refractivity (Wildman–Crippen MR) is 128 cm³/mol. The molecule has 2 aliphatic rings. The van der Waals surface area contributed by atoms with Crippen molar-refractivity contribution in [3.05, 3.63) is 75.7 Å². The minimum absolute atomic E-state index is 0.0235. The number of thioether (sulfide) groups is 1. The molecular weight excluding hydrogens is 454 g/mol. The van der Waals surface area contributed by atoms with Crippen LogP contribution in [0.1, 0.15) is 56.4 Å². The fraction of sp³-hybridized carbons (Fsp3) is 0.240. The van der Waals surface area contributed by atoms with Crippen molar-refractivity contribution in [1.29, 1.82) is 0 Å². The fourth-order valence-electron chi connectivity index (χ4n) is 3.73. The zero-order valence-corrected chi connectivity index (χ0v) is 19.4. The number of imide groups is 2. The van der Waals surface area contributed by atoms with Gasteiger partial charge in [0.05, 0.1) is 16.0 Å². The van der Waals surface area contributed by atoms with Crippen LogP contribution in [-0.4, -0.2) is 58.3 Å². The van der Waals surface area contributed by atoms with Gasteiger partial charge in [0.2, 0.25) is 0 Å². The van der Waals surface area contributed by atoms with E-state index in [0.717, 1.165) is 28.6 Å². The van der Waals surface area contributed by atoms with Gasteiger partial charge in [0.1, 0.15) is 0 Å². The molecule has 1 N–H and O–H groups in total. The van der Waals surface area contributed by atoms with Gasteiger partial charge in [-0.15, -0.1) is 0 Å². The van der Waals surface area contributed by atoms with E-state index in [1.54, 1.807) is 6.08 Å². The Balaban J connectivity index is 1.36. The third-order valence-electron chi connectivity index (χ3n) is 5.56. The number of benzene rings is 2. The summed E-state index contributed by atoms with van der Waals surface area (Å²) in [6.45, 7) is 2.40. The summed E-state index contributed by atoms with van der Waals surface area (Å²) in [5, 5.41) is 2.28. The number of fused-ring (bicyclic) bond motifs is 1. The molecule has 2 aliphatic heterocycles. The summed E-state index contributed by atoms with van der Waals surface area (Å²) in [7, 11) is 0. The van der Waals surface area contributed by atoms with Crippen LogP contribution in [0.25, 0.3) is 6.08 Å². The van der Waals surface area contributed by atoms with E-state index in [1.165, 1.54) is 23.1 Å². The number of unbranched alkanes of at least 4 members (excludes halogenated alkanes) is 1. The van der Waals surface area contributed by atoms with Gasteiger partial charge in [-0.25, -0.2) is 0 Å². The second-order valence-corrected chi connectivity index (χ2v) is 8.87. The molecule has 5 amide bonds. The lowest BCUT2D eigenvalue weighted by Crippen LogP contribution is -2.37. The first kappa shape index (κ1) is 23.4. The summed E-state index contributed by atoms with van der Waals surface area (Å²) in [5.41, 5.74) is 1.56. The summed E-state index contributed by atoms with van der Waals surface area (Å²) in [6.07, 6.45) is 3.23. The third kappa shape index (κ3) is 4.65. The van der Waals surface area contributed by atoms with E-state index < -0.39 is 23.0 Å². The van der Waals surface area contributed by atoms with Crippen LogP contribution in [0.5, 0.6) is 0 Å². The lowest BCUT2D eigenvalue weighted by molar-refractivity contribution is -0.122. The van der Waals surface area contributed by atoms with Gasteiger partial charge in [0.15, 0.2) is 0 Å². The molecular formula is C25H23N3O5S. The average molecular weight is 478 g/mol. The van der Waals surface area contributed by atoms with Gasteiger partial charge in [-0.05, 0) is 48.0 Å². The van der Waals surface area contributed by atoms with Crippen molar-refractivity contribution in [2.24, 2.45) is 0 Å². The summed E-state index contributed by atoms with van der Waals surface area (Å²) in [5.74, 6) is -1.60. The van der Waals surface area contributed by atoms with Crippen molar-refractivity contribution in [3.8, 4) is 0 Å². The van der Waals surface area contributed by atoms with E-state index in [9.17, 15) is 24.0 Å². The summed E-state index contributed by atoms with van der Waals surface area (Å²) < 4.78 is 0. The Morgan fingerprint density at radius 1 is 0.912 bits per heavy atom. The SMILES string of the molecule is CCCCN1C(=O)c2ccc(C(=O)NCCN3C(=O)SC(=Cc4ccccc4)C3=O)cc2C1=O. The second kappa shape index (κ2) is 10.0. The van der Waals surface area contributed by atoms with Crippen LogP contribution in [0.15, 0.2) is 53.4 Å². The monoisotopic (exact) mass is 477 g/mol. The van der Waals surface area contributed by atoms with E-state index in [4.69, 9.17) is 0 Å². The van der Waals surface area contributed by atoms with Gasteiger partial charge in [-0.2, -0.15) is 0 Å². The van der Waals surface area contributed by atoms with Crippen molar-refractivity contribution in [3.63, 3.8) is 0 Å². The van der Waals surface area contributed by atoms with Gasteiger partial charge in [0.25, 0.3) is 28.9 Å². The smallest absolute Gasteiger partial charge is 0.293 e. The van der Waals surface area contributed by atoms with Crippen molar-refractivity contribution in [2.75, 3.05) is 19.6 Å². The molecule has 0 aliphatic carbocycles. The highest BCUT2D eigenvalue weighted by Gasteiger charge is 2.36. The fourth-order valence-corrected chi connectivity index (χ4v) is 4.59. The Morgan fingerprint density at radius 3 is 2.38 bits per heavy atom. The molecule has 2 heterocycles. The molecule has 9 heteroatoms. The van der Waals surface area contributed by atoms with E-state index in [-0.39, 0.29) is 30.1 Å². The first-order chi connectivity index (χ1) is 16.4. The van der Waals surface area contributed by atoms with Gasteiger partial charge in [-0.1, -0.05) is 43.7 Å². The molecule has 174 valence electrons. The van der Waals surface area contributed by atoms with Crippen LogP contribution in [0.3, 0.4) is 0 Å². The zero-order valence-electron chi connectivity index (χ0n) is 18.6. The minimum atomic E-state index is -0.457. The highest BCUT2D eigenvalue weighted by molar-refractivity contribution is 8.18. The van der Waals surface area contributed by atoms with Gasteiger partial charge < -0.3 is 5.32 Å². The molecule has 0 saturated carbocycles. The van der Waals surface area contributed by atoms with E-state index in [0.29, 0.717) is 23.4 Å². The maximum atomic E-state index is 12.6. The number of carbonyl (C=O) groups is 5. The summed E-state index contributed by atoms with van der Waals surface area (Å²) >= 11 is 0.863. The van der Waals surface area contributed by atoms with E-state index in [1.807, 2.05) is 37.3 Å². The minimum Gasteiger partial charge on any atom is -0.350 e. The van der Waals surface area contributed by atoms with E-state index in [2.05, 4.69) is 5.32 Å². The van der Waals surface area contributed by atoms with Crippen molar-refractivity contribution < 1.29 is 24.0 Å². The molecule has 0 atom stereocenters. The lowest BCUT2D eigenvalue weighted by Gasteiger charge is -2.13.